The van der Waals surface area contributed by atoms with Crippen LogP contribution >= 0.6 is 11.8 Å². The molecule has 0 spiro atoms. The number of hydrogen-bond acceptors (Lipinski definition) is 4. The quantitative estimate of drug-likeness (QED) is 0.821. The molecule has 1 fully saturated rings. The van der Waals surface area contributed by atoms with Crippen LogP contribution in [0.5, 0.6) is 5.75 Å². The third-order valence-corrected chi connectivity index (χ3v) is 5.07. The summed E-state index contributed by atoms with van der Waals surface area (Å²) in [6, 6.07) is 7.55. The summed E-state index contributed by atoms with van der Waals surface area (Å²) in [5, 5.41) is -0.0171. The van der Waals surface area contributed by atoms with Crippen molar-refractivity contribution < 1.29 is 14.3 Å². The zero-order valence-corrected chi connectivity index (χ0v) is 14.8. The van der Waals surface area contributed by atoms with Crippen molar-refractivity contribution in [3.05, 3.63) is 29.8 Å². The van der Waals surface area contributed by atoms with Gasteiger partial charge in [-0.25, -0.2) is 0 Å². The zero-order chi connectivity index (χ0) is 16.8. The highest BCUT2D eigenvalue weighted by atomic mass is 32.2. The predicted molar refractivity (Wildman–Crippen MR) is 92.8 cm³/mol. The topological polar surface area (TPSA) is 49.9 Å². The molecule has 0 radical (unpaired) electrons. The molecule has 1 aliphatic heterocycles. The molecule has 2 amide bonds. The third-order valence-electron chi connectivity index (χ3n) is 4.16. The summed E-state index contributed by atoms with van der Waals surface area (Å²) >= 11 is 1.56. The minimum absolute atomic E-state index is 0.0171. The van der Waals surface area contributed by atoms with Crippen molar-refractivity contribution in [3.8, 4) is 5.75 Å². The summed E-state index contributed by atoms with van der Waals surface area (Å²) in [6.07, 6.45) is 2.33. The predicted octanol–water partition coefficient (Wildman–Crippen LogP) is 1.66. The highest BCUT2D eigenvalue weighted by Crippen LogP contribution is 2.14. The average Bonchev–Trinajstić information content (AvgIpc) is 2.61. The van der Waals surface area contributed by atoms with E-state index in [9.17, 15) is 9.59 Å². The number of carbonyl (C=O) groups excluding carboxylic acids is 2. The van der Waals surface area contributed by atoms with Crippen LogP contribution in [0.3, 0.4) is 0 Å². The van der Waals surface area contributed by atoms with Crippen LogP contribution in [0.4, 0.5) is 0 Å². The van der Waals surface area contributed by atoms with Crippen molar-refractivity contribution >= 4 is 23.6 Å². The van der Waals surface area contributed by atoms with E-state index in [2.05, 4.69) is 0 Å². The van der Waals surface area contributed by atoms with Crippen molar-refractivity contribution in [1.29, 1.82) is 0 Å². The Morgan fingerprint density at radius 3 is 2.22 bits per heavy atom. The fraction of sp³-hybridized carbons (Fsp3) is 0.529. The molecular formula is C17H24N2O3S. The maximum absolute atomic E-state index is 12.4. The average molecular weight is 336 g/mol. The van der Waals surface area contributed by atoms with Gasteiger partial charge in [-0.3, -0.25) is 9.59 Å². The Morgan fingerprint density at radius 1 is 1.13 bits per heavy atom. The maximum atomic E-state index is 12.4. The van der Waals surface area contributed by atoms with Crippen LogP contribution in [0.15, 0.2) is 24.3 Å². The lowest BCUT2D eigenvalue weighted by Gasteiger charge is -2.35. The van der Waals surface area contributed by atoms with Crippen LogP contribution in [-0.4, -0.2) is 66.4 Å². The van der Waals surface area contributed by atoms with Crippen LogP contribution in [-0.2, 0) is 16.0 Å². The minimum atomic E-state index is -0.0171. The van der Waals surface area contributed by atoms with Crippen LogP contribution < -0.4 is 4.74 Å². The molecule has 1 aliphatic rings. The normalized spacial score (nSPS) is 16.1. The number of amides is 2. The van der Waals surface area contributed by atoms with E-state index in [1.807, 2.05) is 47.2 Å². The number of rotatable bonds is 5. The summed E-state index contributed by atoms with van der Waals surface area (Å²) in [4.78, 5) is 28.2. The number of benzene rings is 1. The van der Waals surface area contributed by atoms with E-state index in [0.717, 1.165) is 11.3 Å². The first kappa shape index (κ1) is 17.7. The molecule has 0 aliphatic carbocycles. The lowest BCUT2D eigenvalue weighted by Crippen LogP contribution is -2.52. The van der Waals surface area contributed by atoms with Gasteiger partial charge in [0.2, 0.25) is 11.8 Å². The monoisotopic (exact) mass is 336 g/mol. The van der Waals surface area contributed by atoms with Crippen molar-refractivity contribution in [1.82, 2.24) is 9.80 Å². The summed E-state index contributed by atoms with van der Waals surface area (Å²) in [5.41, 5.74) is 0.977. The van der Waals surface area contributed by atoms with E-state index < -0.39 is 0 Å². The fourth-order valence-electron chi connectivity index (χ4n) is 2.56. The van der Waals surface area contributed by atoms with Gasteiger partial charge in [0, 0.05) is 26.2 Å². The van der Waals surface area contributed by atoms with Gasteiger partial charge in [0.25, 0.3) is 0 Å². The molecule has 0 bridgehead atoms. The summed E-state index contributed by atoms with van der Waals surface area (Å²) in [7, 11) is 1.62. The molecule has 0 aromatic heterocycles. The number of carbonyl (C=O) groups is 2. The van der Waals surface area contributed by atoms with Crippen molar-refractivity contribution in [2.24, 2.45) is 0 Å². The van der Waals surface area contributed by atoms with Gasteiger partial charge in [-0.2, -0.15) is 11.8 Å². The molecule has 126 valence electrons. The second-order valence-corrected chi connectivity index (χ2v) is 6.79. The van der Waals surface area contributed by atoms with Gasteiger partial charge >= 0.3 is 0 Å². The van der Waals surface area contributed by atoms with Gasteiger partial charge in [0.1, 0.15) is 5.75 Å². The first-order valence-corrected chi connectivity index (χ1v) is 9.06. The highest BCUT2D eigenvalue weighted by molar-refractivity contribution is 7.99. The van der Waals surface area contributed by atoms with Gasteiger partial charge in [0.05, 0.1) is 18.8 Å². The second-order valence-electron chi connectivity index (χ2n) is 5.61. The number of thioether (sulfide) groups is 1. The lowest BCUT2D eigenvalue weighted by atomic mass is 10.1. The van der Waals surface area contributed by atoms with Crippen LogP contribution in [0.25, 0.3) is 0 Å². The van der Waals surface area contributed by atoms with Gasteiger partial charge < -0.3 is 14.5 Å². The van der Waals surface area contributed by atoms with Gasteiger partial charge in [-0.15, -0.1) is 0 Å². The Hall–Kier alpha value is -1.69. The number of piperazine rings is 1. The molecule has 1 atom stereocenters. The molecule has 2 rings (SSSR count). The maximum Gasteiger partial charge on any atom is 0.235 e. The van der Waals surface area contributed by atoms with Crippen LogP contribution in [0.1, 0.15) is 12.5 Å². The van der Waals surface area contributed by atoms with Crippen LogP contribution in [0.2, 0.25) is 0 Å². The van der Waals surface area contributed by atoms with E-state index in [-0.39, 0.29) is 17.1 Å². The lowest BCUT2D eigenvalue weighted by molar-refractivity contribution is -0.138. The van der Waals surface area contributed by atoms with E-state index >= 15 is 0 Å². The van der Waals surface area contributed by atoms with Gasteiger partial charge in [-0.1, -0.05) is 12.1 Å². The number of hydrogen-bond donors (Lipinski definition) is 0. The molecule has 0 saturated carbocycles. The first-order valence-electron chi connectivity index (χ1n) is 7.77. The van der Waals surface area contributed by atoms with Crippen molar-refractivity contribution in [3.63, 3.8) is 0 Å². The molecule has 0 unspecified atom stereocenters. The van der Waals surface area contributed by atoms with Gasteiger partial charge in [0.15, 0.2) is 0 Å². The number of methoxy groups -OCH3 is 1. The Morgan fingerprint density at radius 2 is 1.70 bits per heavy atom. The molecule has 5 nitrogen and oxygen atoms in total. The molecule has 0 N–H and O–H groups in total. The van der Waals surface area contributed by atoms with E-state index in [1.165, 1.54) is 0 Å². The molecule has 23 heavy (non-hydrogen) atoms. The van der Waals surface area contributed by atoms with E-state index in [4.69, 9.17) is 4.74 Å². The standard InChI is InChI=1S/C17H24N2O3S/c1-13(23-3)17(21)19-10-8-18(9-11-19)16(20)12-14-4-6-15(22-2)7-5-14/h4-7,13H,8-12H2,1-3H3/t13-/m0/s1. The Balaban J connectivity index is 1.84. The minimum Gasteiger partial charge on any atom is -0.497 e. The Labute approximate surface area is 142 Å². The highest BCUT2D eigenvalue weighted by Gasteiger charge is 2.26. The molecule has 6 heteroatoms. The summed E-state index contributed by atoms with van der Waals surface area (Å²) < 4.78 is 5.12. The fourth-order valence-corrected chi connectivity index (χ4v) is 2.91. The van der Waals surface area contributed by atoms with Crippen LogP contribution in [0, 0.1) is 0 Å². The first-order chi connectivity index (χ1) is 11.0. The molecule has 1 heterocycles. The Kier molecular flexibility index (Phi) is 6.33. The van der Waals surface area contributed by atoms with E-state index in [1.54, 1.807) is 18.9 Å². The summed E-state index contributed by atoms with van der Waals surface area (Å²) in [5.74, 6) is 1.07. The molecule has 1 aromatic carbocycles. The smallest absolute Gasteiger partial charge is 0.235 e. The van der Waals surface area contributed by atoms with Gasteiger partial charge in [-0.05, 0) is 30.9 Å². The van der Waals surface area contributed by atoms with E-state index in [0.29, 0.717) is 32.6 Å². The largest absolute Gasteiger partial charge is 0.497 e. The number of nitrogens with zero attached hydrogens (tertiary/aromatic N) is 2. The Bertz CT molecular complexity index is 539. The second kappa shape index (κ2) is 8.24. The molecule has 1 aromatic rings. The third kappa shape index (κ3) is 4.64. The molecule has 1 saturated heterocycles. The van der Waals surface area contributed by atoms with Crippen molar-refractivity contribution in [2.45, 2.75) is 18.6 Å². The summed E-state index contributed by atoms with van der Waals surface area (Å²) in [6.45, 7) is 4.40. The zero-order valence-electron chi connectivity index (χ0n) is 13.9. The van der Waals surface area contributed by atoms with Crippen molar-refractivity contribution in [2.75, 3.05) is 39.5 Å². The number of ether oxygens (including phenoxy) is 1. The molecular weight excluding hydrogens is 312 g/mol. The SMILES string of the molecule is COc1ccc(CC(=O)N2CCN(C(=O)[C@H](C)SC)CC2)cc1.